The Balaban J connectivity index is 1.92. The van der Waals surface area contributed by atoms with Crippen LogP contribution in [0.5, 0.6) is 0 Å². The Hall–Kier alpha value is -2.81. The van der Waals surface area contributed by atoms with Crippen molar-refractivity contribution in [2.24, 2.45) is 0 Å². The van der Waals surface area contributed by atoms with Gasteiger partial charge in [0.05, 0.1) is 5.69 Å². The van der Waals surface area contributed by atoms with Gasteiger partial charge < -0.3 is 5.32 Å². The number of urea groups is 1. The van der Waals surface area contributed by atoms with Gasteiger partial charge in [0, 0.05) is 17.6 Å². The topological polar surface area (TPSA) is 32.3 Å². The molecule has 3 heteroatoms. The van der Waals surface area contributed by atoms with Gasteiger partial charge >= 0.3 is 6.03 Å². The summed E-state index contributed by atoms with van der Waals surface area (Å²) >= 11 is 0. The largest absolute Gasteiger partial charge is 0.326 e. The third-order valence-corrected chi connectivity index (χ3v) is 4.00. The van der Waals surface area contributed by atoms with Gasteiger partial charge in [-0.3, -0.25) is 4.90 Å². The predicted molar refractivity (Wildman–Crippen MR) is 97.2 cm³/mol. The zero-order valence-electron chi connectivity index (χ0n) is 13.4. The molecule has 1 N–H and O–H groups in total. The van der Waals surface area contributed by atoms with Crippen LogP contribution in [0.3, 0.4) is 0 Å². The molecule has 3 aromatic rings. The number of benzene rings is 3. The van der Waals surface area contributed by atoms with Crippen LogP contribution < -0.4 is 10.2 Å². The lowest BCUT2D eigenvalue weighted by Gasteiger charge is -2.23. The highest BCUT2D eigenvalue weighted by Crippen LogP contribution is 2.25. The molecular formula is C20H20N2O. The summed E-state index contributed by atoms with van der Waals surface area (Å²) in [5.74, 6) is 0. The number of carbonyl (C=O) groups is 1. The van der Waals surface area contributed by atoms with Crippen LogP contribution in [0.2, 0.25) is 0 Å². The molecule has 0 saturated heterocycles. The van der Waals surface area contributed by atoms with Gasteiger partial charge in [0.25, 0.3) is 0 Å². The Morgan fingerprint density at radius 3 is 2.43 bits per heavy atom. The van der Waals surface area contributed by atoms with Gasteiger partial charge in [0.15, 0.2) is 0 Å². The van der Waals surface area contributed by atoms with Crippen LogP contribution in [-0.2, 0) is 0 Å². The van der Waals surface area contributed by atoms with Crippen molar-refractivity contribution < 1.29 is 4.79 Å². The van der Waals surface area contributed by atoms with Crippen molar-refractivity contribution in [2.45, 2.75) is 13.8 Å². The first-order valence-electron chi connectivity index (χ1n) is 7.82. The van der Waals surface area contributed by atoms with Crippen LogP contribution in [0.1, 0.15) is 12.5 Å². The number of rotatable bonds is 3. The summed E-state index contributed by atoms with van der Waals surface area (Å²) in [6, 6.07) is 21.8. The van der Waals surface area contributed by atoms with Gasteiger partial charge in [-0.2, -0.15) is 0 Å². The van der Waals surface area contributed by atoms with E-state index in [1.807, 2.05) is 80.6 Å². The lowest BCUT2D eigenvalue weighted by molar-refractivity contribution is 0.257. The van der Waals surface area contributed by atoms with E-state index in [9.17, 15) is 4.79 Å². The minimum absolute atomic E-state index is 0.113. The smallest absolute Gasteiger partial charge is 0.307 e. The van der Waals surface area contributed by atoms with Crippen LogP contribution in [-0.4, -0.2) is 12.6 Å². The number of fused-ring (bicyclic) bond motifs is 1. The summed E-state index contributed by atoms with van der Waals surface area (Å²) < 4.78 is 0. The van der Waals surface area contributed by atoms with Crippen LogP contribution in [0.4, 0.5) is 16.2 Å². The van der Waals surface area contributed by atoms with Crippen LogP contribution in [0.15, 0.2) is 66.7 Å². The number of hydrogen-bond acceptors (Lipinski definition) is 1. The van der Waals surface area contributed by atoms with Gasteiger partial charge in [-0.25, -0.2) is 4.79 Å². The van der Waals surface area contributed by atoms with E-state index >= 15 is 0 Å². The molecule has 0 radical (unpaired) electrons. The number of amides is 2. The molecule has 0 fully saturated rings. The molecule has 0 atom stereocenters. The summed E-state index contributed by atoms with van der Waals surface area (Å²) in [6.07, 6.45) is 0. The van der Waals surface area contributed by atoms with Crippen LogP contribution in [0, 0.1) is 6.92 Å². The summed E-state index contributed by atoms with van der Waals surface area (Å²) in [4.78, 5) is 14.5. The van der Waals surface area contributed by atoms with Crippen LogP contribution >= 0.6 is 0 Å². The lowest BCUT2D eigenvalue weighted by atomic mass is 10.1. The van der Waals surface area contributed by atoms with E-state index in [1.54, 1.807) is 4.90 Å². The van der Waals surface area contributed by atoms with Crippen LogP contribution in [0.25, 0.3) is 10.8 Å². The van der Waals surface area contributed by atoms with Crippen molar-refractivity contribution in [1.82, 2.24) is 0 Å². The summed E-state index contributed by atoms with van der Waals surface area (Å²) in [6.45, 7) is 4.61. The van der Waals surface area contributed by atoms with Gasteiger partial charge in [0.1, 0.15) is 0 Å². The summed E-state index contributed by atoms with van der Waals surface area (Å²) in [7, 11) is 0. The molecule has 3 nitrogen and oxygen atoms in total. The van der Waals surface area contributed by atoms with Gasteiger partial charge in [-0.15, -0.1) is 0 Å². The van der Waals surface area contributed by atoms with E-state index in [4.69, 9.17) is 0 Å². The Morgan fingerprint density at radius 2 is 1.65 bits per heavy atom. The Bertz CT molecular complexity index is 836. The molecule has 0 aliphatic heterocycles. The molecule has 0 spiro atoms. The van der Waals surface area contributed by atoms with Crippen molar-refractivity contribution in [3.05, 3.63) is 72.3 Å². The lowest BCUT2D eigenvalue weighted by Crippen LogP contribution is -2.35. The molecule has 0 aliphatic carbocycles. The van der Waals surface area contributed by atoms with Gasteiger partial charge in [0.2, 0.25) is 0 Å². The van der Waals surface area contributed by atoms with Crippen molar-refractivity contribution in [2.75, 3.05) is 16.8 Å². The molecule has 0 unspecified atom stereocenters. The summed E-state index contributed by atoms with van der Waals surface area (Å²) in [5, 5.41) is 5.21. The first-order valence-corrected chi connectivity index (χ1v) is 7.82. The number of aryl methyl sites for hydroxylation is 1. The van der Waals surface area contributed by atoms with E-state index in [0.717, 1.165) is 27.7 Å². The Morgan fingerprint density at radius 1 is 0.957 bits per heavy atom. The number of para-hydroxylation sites is 1. The average molecular weight is 304 g/mol. The van der Waals surface area contributed by atoms with Crippen molar-refractivity contribution >= 4 is 28.2 Å². The maximum absolute atomic E-state index is 12.8. The van der Waals surface area contributed by atoms with E-state index in [-0.39, 0.29) is 6.03 Å². The third kappa shape index (κ3) is 3.04. The van der Waals surface area contributed by atoms with Gasteiger partial charge in [-0.1, -0.05) is 54.6 Å². The molecule has 0 bridgehead atoms. The quantitative estimate of drug-likeness (QED) is 0.708. The minimum Gasteiger partial charge on any atom is -0.307 e. The number of carbonyl (C=O) groups excluding carboxylic acids is 1. The second-order valence-electron chi connectivity index (χ2n) is 5.49. The maximum atomic E-state index is 12.8. The molecule has 0 aromatic heterocycles. The molecule has 116 valence electrons. The highest BCUT2D eigenvalue weighted by atomic mass is 16.2. The molecule has 0 heterocycles. The van der Waals surface area contributed by atoms with E-state index in [1.165, 1.54) is 0 Å². The number of nitrogens with zero attached hydrogens (tertiary/aromatic N) is 1. The second kappa shape index (κ2) is 6.53. The Labute approximate surface area is 136 Å². The maximum Gasteiger partial charge on any atom is 0.326 e. The minimum atomic E-state index is -0.113. The fourth-order valence-electron chi connectivity index (χ4n) is 2.81. The fraction of sp³-hybridized carbons (Fsp3) is 0.150. The Kier molecular flexibility index (Phi) is 4.29. The van der Waals surface area contributed by atoms with E-state index < -0.39 is 0 Å². The average Bonchev–Trinajstić information content (AvgIpc) is 2.57. The van der Waals surface area contributed by atoms with Crippen molar-refractivity contribution in [1.29, 1.82) is 0 Å². The molecule has 23 heavy (non-hydrogen) atoms. The molecule has 0 saturated carbocycles. The molecule has 3 aromatic carbocycles. The second-order valence-corrected chi connectivity index (χ2v) is 5.49. The first kappa shape index (κ1) is 15.1. The van der Waals surface area contributed by atoms with Crippen molar-refractivity contribution in [3.8, 4) is 0 Å². The monoisotopic (exact) mass is 304 g/mol. The zero-order valence-corrected chi connectivity index (χ0v) is 13.4. The molecular weight excluding hydrogens is 284 g/mol. The predicted octanol–water partition coefficient (Wildman–Crippen LogP) is 5.21. The normalized spacial score (nSPS) is 10.5. The number of nitrogens with one attached hydrogen (secondary N) is 1. The fourth-order valence-corrected chi connectivity index (χ4v) is 2.81. The molecule has 0 aliphatic rings. The number of anilines is 2. The SMILES string of the molecule is CCN(C(=O)Nc1cccc2ccccc12)c1ccccc1C. The number of hydrogen-bond donors (Lipinski definition) is 1. The third-order valence-electron chi connectivity index (χ3n) is 4.00. The standard InChI is InChI=1S/C20H20N2O/c1-3-22(19-14-7-4-9-15(19)2)20(23)21-18-13-8-11-16-10-5-6-12-17(16)18/h4-14H,3H2,1-2H3,(H,21,23). The first-order chi connectivity index (χ1) is 11.2. The highest BCUT2D eigenvalue weighted by Gasteiger charge is 2.16. The van der Waals surface area contributed by atoms with E-state index in [2.05, 4.69) is 5.32 Å². The highest BCUT2D eigenvalue weighted by molar-refractivity contribution is 6.07. The van der Waals surface area contributed by atoms with Gasteiger partial charge in [-0.05, 0) is 36.9 Å². The molecule has 2 amide bonds. The molecule has 3 rings (SSSR count). The van der Waals surface area contributed by atoms with E-state index in [0.29, 0.717) is 6.54 Å². The van der Waals surface area contributed by atoms with Crippen molar-refractivity contribution in [3.63, 3.8) is 0 Å². The zero-order chi connectivity index (χ0) is 16.2. The summed E-state index contributed by atoms with van der Waals surface area (Å²) in [5.41, 5.74) is 2.86.